The molecule has 1 unspecified atom stereocenters. The number of carbonyl (C=O) groups excluding carboxylic acids is 3. The highest BCUT2D eigenvalue weighted by molar-refractivity contribution is 5.95. The Kier molecular flexibility index (Phi) is 8.70. The van der Waals surface area contributed by atoms with Gasteiger partial charge in [0.15, 0.2) is 0 Å². The van der Waals surface area contributed by atoms with Gasteiger partial charge in [0.05, 0.1) is 13.0 Å². The lowest BCUT2D eigenvalue weighted by atomic mass is 10.1. The van der Waals surface area contributed by atoms with Gasteiger partial charge in [-0.25, -0.2) is 9.59 Å². The van der Waals surface area contributed by atoms with Gasteiger partial charge >= 0.3 is 12.1 Å². The van der Waals surface area contributed by atoms with E-state index in [9.17, 15) is 14.4 Å². The van der Waals surface area contributed by atoms with Crippen LogP contribution in [0.4, 0.5) is 4.79 Å². The molecule has 11 heteroatoms. The van der Waals surface area contributed by atoms with Gasteiger partial charge in [0, 0.05) is 23.7 Å². The first-order chi connectivity index (χ1) is 14.8. The van der Waals surface area contributed by atoms with E-state index >= 15 is 0 Å². The van der Waals surface area contributed by atoms with E-state index in [4.69, 9.17) is 26.1 Å². The number of unbranched alkanes of at least 4 members (excludes halogenated alkanes) is 1. The average molecular weight is 431 g/mol. The van der Waals surface area contributed by atoms with Crippen LogP contribution in [0.5, 0.6) is 0 Å². The van der Waals surface area contributed by atoms with E-state index in [1.54, 1.807) is 30.3 Å². The molecular formula is C20H25N5O6. The standard InChI is InChI=1S/C20H25N5O6/c1-2-3-8-29-20(28)30-19(27)15(21)11-24-17(26)10-14-9-16(25-31-14)12-4-6-13(7-5-12)18(22)23/h4-7,9,15H,2-3,8,10-11,21H2,1H3,(H3,22,23)(H,24,26). The Morgan fingerprint density at radius 3 is 2.61 bits per heavy atom. The third-order valence-corrected chi connectivity index (χ3v) is 4.11. The van der Waals surface area contributed by atoms with Crippen molar-refractivity contribution >= 4 is 23.9 Å². The Hall–Kier alpha value is -3.73. The number of hydrogen-bond donors (Lipinski definition) is 4. The number of rotatable bonds is 10. The lowest BCUT2D eigenvalue weighted by molar-refractivity contribution is -0.141. The van der Waals surface area contributed by atoms with Crippen LogP contribution in [0.3, 0.4) is 0 Å². The smallest absolute Gasteiger partial charge is 0.434 e. The molecule has 6 N–H and O–H groups in total. The Bertz CT molecular complexity index is 924. The number of amides is 1. The number of amidine groups is 1. The zero-order chi connectivity index (χ0) is 22.8. The number of ether oxygens (including phenoxy) is 2. The zero-order valence-electron chi connectivity index (χ0n) is 17.1. The van der Waals surface area contributed by atoms with E-state index in [2.05, 4.69) is 15.2 Å². The van der Waals surface area contributed by atoms with E-state index < -0.39 is 24.1 Å². The SMILES string of the molecule is CCCCOC(=O)OC(=O)C(N)CNC(=O)Cc1cc(-c2ccc(C(=N)N)cc2)no1. The first kappa shape index (κ1) is 23.5. The lowest BCUT2D eigenvalue weighted by Gasteiger charge is -2.11. The average Bonchev–Trinajstić information content (AvgIpc) is 3.20. The summed E-state index contributed by atoms with van der Waals surface area (Å²) in [6, 6.07) is 7.19. The highest BCUT2D eigenvalue weighted by atomic mass is 16.7. The van der Waals surface area contributed by atoms with Crippen molar-refractivity contribution in [3.05, 3.63) is 41.7 Å². The van der Waals surface area contributed by atoms with Crippen LogP contribution in [0.1, 0.15) is 31.1 Å². The summed E-state index contributed by atoms with van der Waals surface area (Å²) in [4.78, 5) is 35.1. The van der Waals surface area contributed by atoms with Crippen LogP contribution < -0.4 is 16.8 Å². The van der Waals surface area contributed by atoms with Gasteiger partial charge in [-0.1, -0.05) is 42.8 Å². The topological polar surface area (TPSA) is 184 Å². The van der Waals surface area contributed by atoms with Gasteiger partial charge in [-0.05, 0) is 6.42 Å². The minimum absolute atomic E-state index is 0.0421. The molecule has 0 spiro atoms. The lowest BCUT2D eigenvalue weighted by Crippen LogP contribution is -2.44. The number of nitrogen functional groups attached to an aromatic ring is 1. The Labute approximate surface area is 178 Å². The van der Waals surface area contributed by atoms with Crippen LogP contribution >= 0.6 is 0 Å². The Morgan fingerprint density at radius 2 is 1.97 bits per heavy atom. The maximum absolute atomic E-state index is 12.1. The van der Waals surface area contributed by atoms with Gasteiger partial charge in [-0.2, -0.15) is 0 Å². The van der Waals surface area contributed by atoms with Crippen LogP contribution in [0.25, 0.3) is 11.3 Å². The molecule has 166 valence electrons. The van der Waals surface area contributed by atoms with E-state index in [0.29, 0.717) is 23.4 Å². The quantitative estimate of drug-likeness (QED) is 0.140. The van der Waals surface area contributed by atoms with E-state index in [-0.39, 0.29) is 25.4 Å². The van der Waals surface area contributed by atoms with Crippen molar-refractivity contribution in [2.45, 2.75) is 32.2 Å². The highest BCUT2D eigenvalue weighted by Crippen LogP contribution is 2.20. The van der Waals surface area contributed by atoms with E-state index in [1.807, 2.05) is 6.92 Å². The third kappa shape index (κ3) is 7.55. The van der Waals surface area contributed by atoms with Crippen LogP contribution in [-0.4, -0.2) is 48.2 Å². The molecule has 2 aromatic rings. The summed E-state index contributed by atoms with van der Waals surface area (Å²) in [6.45, 7) is 1.84. The first-order valence-electron chi connectivity index (χ1n) is 9.61. The van der Waals surface area contributed by atoms with E-state index in [1.165, 1.54) is 0 Å². The monoisotopic (exact) mass is 431 g/mol. The summed E-state index contributed by atoms with van der Waals surface area (Å²) < 4.78 is 14.3. The van der Waals surface area contributed by atoms with Gasteiger partial charge in [-0.3, -0.25) is 10.2 Å². The number of hydrogen-bond acceptors (Lipinski definition) is 9. The van der Waals surface area contributed by atoms with Crippen molar-refractivity contribution < 1.29 is 28.4 Å². The molecule has 2 rings (SSSR count). The largest absolute Gasteiger partial charge is 0.516 e. The molecule has 0 fully saturated rings. The molecule has 0 aliphatic carbocycles. The van der Waals surface area contributed by atoms with Gasteiger partial charge in [0.25, 0.3) is 0 Å². The van der Waals surface area contributed by atoms with Gasteiger partial charge in [0.1, 0.15) is 23.3 Å². The first-order valence-corrected chi connectivity index (χ1v) is 9.61. The van der Waals surface area contributed by atoms with Crippen molar-refractivity contribution in [3.63, 3.8) is 0 Å². The Balaban J connectivity index is 1.79. The molecule has 0 bridgehead atoms. The van der Waals surface area contributed by atoms with Crippen molar-refractivity contribution in [3.8, 4) is 11.3 Å². The summed E-state index contributed by atoms with van der Waals surface area (Å²) >= 11 is 0. The van der Waals surface area contributed by atoms with Crippen molar-refractivity contribution in [2.24, 2.45) is 11.5 Å². The molecule has 1 aromatic carbocycles. The summed E-state index contributed by atoms with van der Waals surface area (Å²) in [5, 5.41) is 13.8. The number of nitrogens with zero attached hydrogens (tertiary/aromatic N) is 1. The molecule has 0 aliphatic rings. The zero-order valence-corrected chi connectivity index (χ0v) is 17.1. The molecule has 31 heavy (non-hydrogen) atoms. The summed E-state index contributed by atoms with van der Waals surface area (Å²) in [7, 11) is 0. The molecule has 1 atom stereocenters. The molecule has 1 aromatic heterocycles. The molecule has 0 radical (unpaired) electrons. The fourth-order valence-electron chi connectivity index (χ4n) is 2.37. The second-order valence-corrected chi connectivity index (χ2v) is 6.63. The van der Waals surface area contributed by atoms with Crippen LogP contribution in [0.15, 0.2) is 34.9 Å². The molecule has 1 amide bonds. The van der Waals surface area contributed by atoms with Gasteiger partial charge in [0.2, 0.25) is 5.91 Å². The van der Waals surface area contributed by atoms with Crippen molar-refractivity contribution in [2.75, 3.05) is 13.2 Å². The fourth-order valence-corrected chi connectivity index (χ4v) is 2.37. The van der Waals surface area contributed by atoms with Gasteiger partial charge in [-0.15, -0.1) is 0 Å². The summed E-state index contributed by atoms with van der Waals surface area (Å²) in [5.74, 6) is -1.19. The van der Waals surface area contributed by atoms with Crippen LogP contribution in [-0.2, 0) is 25.5 Å². The highest BCUT2D eigenvalue weighted by Gasteiger charge is 2.21. The fraction of sp³-hybridized carbons (Fsp3) is 0.350. The number of carbonyl (C=O) groups is 3. The maximum Gasteiger partial charge on any atom is 0.516 e. The predicted molar refractivity (Wildman–Crippen MR) is 110 cm³/mol. The molecule has 0 saturated carbocycles. The summed E-state index contributed by atoms with van der Waals surface area (Å²) in [6.07, 6.45) is 0.231. The minimum Gasteiger partial charge on any atom is -0.434 e. The van der Waals surface area contributed by atoms with Crippen molar-refractivity contribution in [1.82, 2.24) is 10.5 Å². The van der Waals surface area contributed by atoms with Crippen molar-refractivity contribution in [1.29, 1.82) is 5.41 Å². The molecule has 1 heterocycles. The second kappa shape index (κ2) is 11.5. The molecule has 0 aliphatic heterocycles. The normalized spacial score (nSPS) is 11.4. The number of nitrogens with two attached hydrogens (primary N) is 2. The second-order valence-electron chi connectivity index (χ2n) is 6.63. The molecule has 11 nitrogen and oxygen atoms in total. The minimum atomic E-state index is -1.23. The number of esters is 1. The third-order valence-electron chi connectivity index (χ3n) is 4.11. The molecular weight excluding hydrogens is 406 g/mol. The van der Waals surface area contributed by atoms with Gasteiger partial charge < -0.3 is 30.8 Å². The number of aromatic nitrogens is 1. The molecule has 0 saturated heterocycles. The van der Waals surface area contributed by atoms with E-state index in [0.717, 1.165) is 12.0 Å². The summed E-state index contributed by atoms with van der Waals surface area (Å²) in [5.41, 5.74) is 12.9. The van der Waals surface area contributed by atoms with Crippen LogP contribution in [0, 0.1) is 5.41 Å². The number of nitrogens with one attached hydrogen (secondary N) is 2. The maximum atomic E-state index is 12.1. The number of benzene rings is 1. The predicted octanol–water partition coefficient (Wildman–Crippen LogP) is 1.09. The van der Waals surface area contributed by atoms with Crippen LogP contribution in [0.2, 0.25) is 0 Å². The Morgan fingerprint density at radius 1 is 1.26 bits per heavy atom.